The molecule has 2 aromatic carbocycles. The van der Waals surface area contributed by atoms with Gasteiger partial charge in [0.15, 0.2) is 21.2 Å². The topological polar surface area (TPSA) is 82.9 Å². The van der Waals surface area contributed by atoms with Crippen LogP contribution in [0.5, 0.6) is 11.5 Å². The van der Waals surface area contributed by atoms with Crippen LogP contribution >= 0.6 is 21.6 Å². The molecule has 7 rings (SSSR count). The van der Waals surface area contributed by atoms with Crippen molar-refractivity contribution in [3.05, 3.63) is 59.7 Å². The molecule has 2 aromatic rings. The second kappa shape index (κ2) is 6.84. The Morgan fingerprint density at radius 3 is 2.61 bits per heavy atom. The van der Waals surface area contributed by atoms with Gasteiger partial charge in [-0.05, 0) is 30.2 Å². The molecule has 4 fully saturated rings. The highest BCUT2D eigenvalue weighted by Crippen LogP contribution is 2.70. The minimum atomic E-state index is -1.11. The molecule has 0 aliphatic carbocycles. The van der Waals surface area contributed by atoms with Crippen LogP contribution in [0.4, 0.5) is 0 Å². The van der Waals surface area contributed by atoms with Crippen molar-refractivity contribution < 1.29 is 19.1 Å². The summed E-state index contributed by atoms with van der Waals surface area (Å²) >= 11 is 0. The van der Waals surface area contributed by atoms with Crippen LogP contribution in [-0.4, -0.2) is 45.2 Å². The molecule has 2 amide bonds. The average molecular weight is 480 g/mol. The van der Waals surface area contributed by atoms with Crippen LogP contribution in [0.1, 0.15) is 30.5 Å². The van der Waals surface area contributed by atoms with Gasteiger partial charge in [-0.1, -0.05) is 58.0 Å². The van der Waals surface area contributed by atoms with E-state index < -0.39 is 21.2 Å². The van der Waals surface area contributed by atoms with E-state index in [1.54, 1.807) is 16.8 Å². The first-order valence-electron chi connectivity index (χ1n) is 10.7. The number of hydrogen-bond acceptors (Lipinski definition) is 7. The summed E-state index contributed by atoms with van der Waals surface area (Å²) in [6, 6.07) is 17.1. The maximum Gasteiger partial charge on any atom is 0.262 e. The van der Waals surface area contributed by atoms with Crippen LogP contribution in [0.25, 0.3) is 0 Å². The predicted molar refractivity (Wildman–Crippen MR) is 124 cm³/mol. The lowest BCUT2D eigenvalue weighted by Gasteiger charge is -2.58. The lowest BCUT2D eigenvalue weighted by molar-refractivity contribution is -0.165. The molecular formula is C24H21N3O4S2. The number of nitrogens with zero attached hydrogens (tertiary/aromatic N) is 3. The minimum absolute atomic E-state index is 0.119. The maximum atomic E-state index is 14.3. The zero-order valence-corrected chi connectivity index (χ0v) is 19.7. The molecule has 5 heterocycles. The van der Waals surface area contributed by atoms with Crippen LogP contribution in [0, 0.1) is 16.7 Å². The third-order valence-corrected chi connectivity index (χ3v) is 10.8. The molecule has 0 saturated carbocycles. The number of nitriles is 1. The number of carbonyl (C=O) groups excluding carboxylic acids is 2. The third kappa shape index (κ3) is 2.59. The second-order valence-electron chi connectivity index (χ2n) is 9.16. The smallest absolute Gasteiger partial charge is 0.262 e. The van der Waals surface area contributed by atoms with E-state index in [0.717, 1.165) is 11.1 Å². The Morgan fingerprint density at radius 2 is 1.85 bits per heavy atom. The Kier molecular flexibility index (Phi) is 4.30. The van der Waals surface area contributed by atoms with Gasteiger partial charge in [-0.25, -0.2) is 0 Å². The number of piperazine rings is 1. The summed E-state index contributed by atoms with van der Waals surface area (Å²) in [5, 5.41) is 10.3. The number of benzene rings is 2. The molecule has 1 spiro atoms. The van der Waals surface area contributed by atoms with Crippen molar-refractivity contribution in [3.8, 4) is 17.6 Å². The van der Waals surface area contributed by atoms with Gasteiger partial charge in [-0.2, -0.15) is 5.26 Å². The van der Waals surface area contributed by atoms with Crippen molar-refractivity contribution in [3.63, 3.8) is 0 Å². The van der Waals surface area contributed by atoms with Gasteiger partial charge < -0.3 is 19.3 Å². The molecule has 0 radical (unpaired) electrons. The van der Waals surface area contributed by atoms with Gasteiger partial charge in [0.05, 0.1) is 17.5 Å². The first-order chi connectivity index (χ1) is 15.8. The van der Waals surface area contributed by atoms with Crippen LogP contribution < -0.4 is 9.47 Å². The number of amides is 2. The van der Waals surface area contributed by atoms with Gasteiger partial charge >= 0.3 is 0 Å². The normalized spacial score (nSPS) is 33.9. The van der Waals surface area contributed by atoms with Gasteiger partial charge in [0.25, 0.3) is 11.8 Å². The van der Waals surface area contributed by atoms with E-state index in [1.165, 1.54) is 21.6 Å². The monoisotopic (exact) mass is 479 g/mol. The van der Waals surface area contributed by atoms with E-state index in [9.17, 15) is 14.9 Å². The molecule has 7 nitrogen and oxygen atoms in total. The summed E-state index contributed by atoms with van der Waals surface area (Å²) in [5.41, 5.74) is 0.812. The van der Waals surface area contributed by atoms with Gasteiger partial charge in [-0.3, -0.25) is 9.59 Å². The van der Waals surface area contributed by atoms with Gasteiger partial charge in [0.1, 0.15) is 0 Å². The van der Waals surface area contributed by atoms with Crippen molar-refractivity contribution in [2.24, 2.45) is 5.41 Å². The Bertz CT molecular complexity index is 1230. The van der Waals surface area contributed by atoms with E-state index in [-0.39, 0.29) is 25.0 Å². The molecule has 0 N–H and O–H groups in total. The number of rotatable bonds is 3. The molecule has 168 valence electrons. The van der Waals surface area contributed by atoms with Crippen molar-refractivity contribution in [1.29, 1.82) is 5.26 Å². The fourth-order valence-corrected chi connectivity index (χ4v) is 9.41. The van der Waals surface area contributed by atoms with E-state index in [1.807, 2.05) is 55.5 Å². The standard InChI is InChI=1S/C24H21N3O4S2/c1-22(13-25)12-24-20(28)26(2)23(32-33-24,11-15-6-4-3-5-7-15)21(29)27(24)19(22)16-8-9-17-18(10-16)31-14-30-17/h3-10,19H,11-12,14H2,1-2H3/t19-,22+,23-,24-/m0/s1. The highest BCUT2D eigenvalue weighted by Gasteiger charge is 2.75. The van der Waals surface area contributed by atoms with E-state index >= 15 is 0 Å². The van der Waals surface area contributed by atoms with Crippen LogP contribution in [0.2, 0.25) is 0 Å². The van der Waals surface area contributed by atoms with Gasteiger partial charge in [-0.15, -0.1) is 0 Å². The molecular weight excluding hydrogens is 458 g/mol. The number of ether oxygens (including phenoxy) is 2. The number of fused-ring (bicyclic) bond motifs is 3. The van der Waals surface area contributed by atoms with Crippen LogP contribution in [-0.2, 0) is 16.0 Å². The van der Waals surface area contributed by atoms with Crippen molar-refractivity contribution in [2.45, 2.75) is 35.5 Å². The fraction of sp³-hybridized carbons (Fsp3) is 0.375. The molecule has 0 aromatic heterocycles. The SMILES string of the molecule is CN1C(=O)[C@@]23C[C@](C)(C#N)[C@H](c4ccc5c(c4)OCO5)N2C(=O)[C@]1(Cc1ccccc1)SS3. The van der Waals surface area contributed by atoms with Gasteiger partial charge in [0.2, 0.25) is 6.79 Å². The molecule has 4 atom stereocenters. The summed E-state index contributed by atoms with van der Waals surface area (Å²) in [7, 11) is 4.59. The quantitative estimate of drug-likeness (QED) is 0.621. The lowest BCUT2D eigenvalue weighted by atomic mass is 9.79. The highest BCUT2D eigenvalue weighted by molar-refractivity contribution is 8.78. The predicted octanol–water partition coefficient (Wildman–Crippen LogP) is 3.72. The van der Waals surface area contributed by atoms with Gasteiger partial charge in [0, 0.05) is 19.9 Å². The van der Waals surface area contributed by atoms with Crippen molar-refractivity contribution >= 4 is 33.4 Å². The largest absolute Gasteiger partial charge is 0.454 e. The van der Waals surface area contributed by atoms with Crippen molar-refractivity contribution in [2.75, 3.05) is 13.8 Å². The lowest BCUT2D eigenvalue weighted by Crippen LogP contribution is -2.75. The van der Waals surface area contributed by atoms with Crippen molar-refractivity contribution in [1.82, 2.24) is 9.80 Å². The maximum absolute atomic E-state index is 14.3. The molecule has 9 heteroatoms. The number of likely N-dealkylation sites (N-methyl/N-ethyl adjacent to an activating group) is 1. The average Bonchev–Trinajstić information content (AvgIpc) is 3.40. The summed E-state index contributed by atoms with van der Waals surface area (Å²) in [4.78, 5) is 29.3. The molecule has 0 unspecified atom stereocenters. The molecule has 2 bridgehead atoms. The first kappa shape index (κ1) is 20.8. The third-order valence-electron chi connectivity index (χ3n) is 7.16. The number of carbonyl (C=O) groups is 2. The summed E-state index contributed by atoms with van der Waals surface area (Å²) in [6.45, 7) is 1.99. The first-order valence-corrected chi connectivity index (χ1v) is 12.8. The molecule has 5 aliphatic heterocycles. The summed E-state index contributed by atoms with van der Waals surface area (Å²) < 4.78 is 11.0. The Morgan fingerprint density at radius 1 is 1.09 bits per heavy atom. The minimum Gasteiger partial charge on any atom is -0.454 e. The Balaban J connectivity index is 1.50. The van der Waals surface area contributed by atoms with E-state index in [2.05, 4.69) is 6.07 Å². The van der Waals surface area contributed by atoms with E-state index in [4.69, 9.17) is 9.47 Å². The van der Waals surface area contributed by atoms with Crippen LogP contribution in [0.15, 0.2) is 48.5 Å². The molecule has 5 aliphatic rings. The molecule has 33 heavy (non-hydrogen) atoms. The Labute approximate surface area is 199 Å². The zero-order valence-electron chi connectivity index (χ0n) is 18.1. The second-order valence-corrected chi connectivity index (χ2v) is 11.8. The zero-order chi connectivity index (χ0) is 23.0. The fourth-order valence-electron chi connectivity index (χ4n) is 5.52. The van der Waals surface area contributed by atoms with Crippen LogP contribution in [0.3, 0.4) is 0 Å². The molecule has 4 saturated heterocycles. The summed E-state index contributed by atoms with van der Waals surface area (Å²) in [5.74, 6) is 0.982. The Hall–Kier alpha value is -2.83. The van der Waals surface area contributed by atoms with E-state index in [0.29, 0.717) is 17.9 Å². The highest BCUT2D eigenvalue weighted by atomic mass is 33.1. The number of hydrogen-bond donors (Lipinski definition) is 0. The summed E-state index contributed by atoms with van der Waals surface area (Å²) in [6.07, 6.45) is 0.667.